The number of aryl methyl sites for hydroxylation is 1. The highest BCUT2D eigenvalue weighted by Crippen LogP contribution is 2.09. The van der Waals surface area contributed by atoms with Gasteiger partial charge in [-0.1, -0.05) is 0 Å². The SMILES string of the molecule is O=C1CCc2nnc(I)n2N1. The second-order valence-corrected chi connectivity index (χ2v) is 3.22. The first-order chi connectivity index (χ1) is 5.27. The Balaban J connectivity index is 2.45. The van der Waals surface area contributed by atoms with Gasteiger partial charge in [0.05, 0.1) is 0 Å². The molecule has 1 N–H and O–H groups in total. The number of fused-ring (bicyclic) bond motifs is 1. The summed E-state index contributed by atoms with van der Waals surface area (Å²) >= 11 is 2.02. The fourth-order valence-corrected chi connectivity index (χ4v) is 1.48. The number of amides is 1. The van der Waals surface area contributed by atoms with Crippen molar-refractivity contribution in [1.82, 2.24) is 14.9 Å². The summed E-state index contributed by atoms with van der Waals surface area (Å²) in [5.74, 6) is 0.851. The summed E-state index contributed by atoms with van der Waals surface area (Å²) in [6.45, 7) is 0. The van der Waals surface area contributed by atoms with Crippen LogP contribution in [0.3, 0.4) is 0 Å². The van der Waals surface area contributed by atoms with Crippen LogP contribution in [-0.4, -0.2) is 20.8 Å². The first-order valence-corrected chi connectivity index (χ1v) is 4.25. The standard InChI is InChI=1S/C5H5IN4O/c6-5-8-7-3-1-2-4(11)9-10(3)5/h1-2H2,(H,9,11). The minimum Gasteiger partial charge on any atom is -0.273 e. The molecule has 0 radical (unpaired) electrons. The molecule has 2 rings (SSSR count). The zero-order valence-corrected chi connectivity index (χ0v) is 7.70. The Hall–Kier alpha value is -0.660. The highest BCUT2D eigenvalue weighted by atomic mass is 127. The van der Waals surface area contributed by atoms with Crippen LogP contribution in [0.5, 0.6) is 0 Å². The normalized spacial score (nSPS) is 15.9. The molecule has 6 heteroatoms. The number of rotatable bonds is 0. The molecule has 0 aromatic carbocycles. The van der Waals surface area contributed by atoms with Crippen LogP contribution in [0.25, 0.3) is 0 Å². The zero-order valence-electron chi connectivity index (χ0n) is 5.54. The number of hydrogen-bond donors (Lipinski definition) is 1. The summed E-state index contributed by atoms with van der Waals surface area (Å²) in [6.07, 6.45) is 1.19. The van der Waals surface area contributed by atoms with Gasteiger partial charge in [-0.2, -0.15) is 0 Å². The molecule has 1 aromatic heterocycles. The van der Waals surface area contributed by atoms with Crippen molar-refractivity contribution in [2.75, 3.05) is 5.43 Å². The fraction of sp³-hybridized carbons (Fsp3) is 0.400. The van der Waals surface area contributed by atoms with Crippen LogP contribution in [0.1, 0.15) is 12.2 Å². The van der Waals surface area contributed by atoms with Crippen molar-refractivity contribution in [3.63, 3.8) is 0 Å². The second-order valence-electron chi connectivity index (χ2n) is 2.26. The summed E-state index contributed by atoms with van der Waals surface area (Å²) in [4.78, 5) is 10.9. The van der Waals surface area contributed by atoms with E-state index in [1.807, 2.05) is 22.6 Å². The molecule has 58 valence electrons. The molecule has 0 aliphatic carbocycles. The van der Waals surface area contributed by atoms with Crippen LogP contribution >= 0.6 is 22.6 Å². The summed E-state index contributed by atoms with van der Waals surface area (Å²) in [5.41, 5.74) is 2.65. The van der Waals surface area contributed by atoms with Crippen LogP contribution in [-0.2, 0) is 11.2 Å². The maximum atomic E-state index is 10.9. The van der Waals surface area contributed by atoms with Crippen LogP contribution in [0.15, 0.2) is 0 Å². The van der Waals surface area contributed by atoms with E-state index in [0.717, 1.165) is 5.82 Å². The lowest BCUT2D eigenvalue weighted by Crippen LogP contribution is -2.30. The number of carbonyl (C=O) groups is 1. The predicted octanol–water partition coefficient (Wildman–Crippen LogP) is -0.101. The van der Waals surface area contributed by atoms with E-state index < -0.39 is 0 Å². The number of aromatic nitrogens is 3. The highest BCUT2D eigenvalue weighted by molar-refractivity contribution is 14.1. The molecule has 0 bridgehead atoms. The lowest BCUT2D eigenvalue weighted by atomic mass is 10.2. The minimum atomic E-state index is 0.0233. The smallest absolute Gasteiger partial charge is 0.239 e. The van der Waals surface area contributed by atoms with Crippen molar-refractivity contribution in [2.45, 2.75) is 12.8 Å². The van der Waals surface area contributed by atoms with Crippen LogP contribution in [0.2, 0.25) is 0 Å². The first kappa shape index (κ1) is 7.01. The van der Waals surface area contributed by atoms with E-state index in [2.05, 4.69) is 15.6 Å². The third-order valence-corrected chi connectivity index (χ3v) is 2.20. The molecule has 0 unspecified atom stereocenters. The largest absolute Gasteiger partial charge is 0.273 e. The van der Waals surface area contributed by atoms with Gasteiger partial charge in [0.1, 0.15) is 0 Å². The van der Waals surface area contributed by atoms with E-state index in [0.29, 0.717) is 16.7 Å². The van der Waals surface area contributed by atoms with E-state index in [9.17, 15) is 4.79 Å². The summed E-state index contributed by atoms with van der Waals surface area (Å²) in [6, 6.07) is 0. The Bertz CT molecular complexity index is 307. The van der Waals surface area contributed by atoms with Crippen molar-refractivity contribution >= 4 is 28.5 Å². The van der Waals surface area contributed by atoms with Gasteiger partial charge in [0.2, 0.25) is 9.74 Å². The lowest BCUT2D eigenvalue weighted by Gasteiger charge is -2.13. The van der Waals surface area contributed by atoms with Crippen LogP contribution in [0, 0.1) is 3.83 Å². The molecule has 5 nitrogen and oxygen atoms in total. The Labute approximate surface area is 76.3 Å². The van der Waals surface area contributed by atoms with Gasteiger partial charge in [-0.25, -0.2) is 4.68 Å². The number of hydrogen-bond acceptors (Lipinski definition) is 3. The molecular formula is C5H5IN4O. The molecule has 2 heterocycles. The van der Waals surface area contributed by atoms with E-state index >= 15 is 0 Å². The number of nitrogens with one attached hydrogen (secondary N) is 1. The fourth-order valence-electron chi connectivity index (χ4n) is 0.973. The van der Waals surface area contributed by atoms with Crippen LogP contribution in [0.4, 0.5) is 0 Å². The Kier molecular flexibility index (Phi) is 1.55. The quantitative estimate of drug-likeness (QED) is 0.665. The van der Waals surface area contributed by atoms with Gasteiger partial charge in [0.25, 0.3) is 0 Å². The van der Waals surface area contributed by atoms with Crippen molar-refractivity contribution in [3.05, 3.63) is 9.66 Å². The minimum absolute atomic E-state index is 0.0233. The molecule has 0 fully saturated rings. The molecule has 1 amide bonds. The maximum Gasteiger partial charge on any atom is 0.239 e. The van der Waals surface area contributed by atoms with E-state index in [4.69, 9.17) is 0 Å². The van der Waals surface area contributed by atoms with Gasteiger partial charge in [-0.05, 0) is 0 Å². The topological polar surface area (TPSA) is 59.8 Å². The molecule has 1 aliphatic rings. The lowest BCUT2D eigenvalue weighted by molar-refractivity contribution is -0.117. The van der Waals surface area contributed by atoms with E-state index in [1.165, 1.54) is 0 Å². The molecule has 0 spiro atoms. The molecule has 1 aliphatic heterocycles. The van der Waals surface area contributed by atoms with Gasteiger partial charge >= 0.3 is 0 Å². The van der Waals surface area contributed by atoms with Crippen molar-refractivity contribution in [1.29, 1.82) is 0 Å². The Morgan fingerprint density at radius 3 is 3.09 bits per heavy atom. The van der Waals surface area contributed by atoms with Gasteiger partial charge in [-0.15, -0.1) is 10.2 Å². The van der Waals surface area contributed by atoms with Gasteiger partial charge in [0.15, 0.2) is 5.82 Å². The third-order valence-electron chi connectivity index (χ3n) is 1.50. The summed E-state index contributed by atoms with van der Waals surface area (Å²) < 4.78 is 2.32. The highest BCUT2D eigenvalue weighted by Gasteiger charge is 2.18. The van der Waals surface area contributed by atoms with Crippen molar-refractivity contribution < 1.29 is 4.79 Å². The molecule has 1 aromatic rings. The number of nitrogens with zero attached hydrogens (tertiary/aromatic N) is 3. The van der Waals surface area contributed by atoms with Gasteiger partial charge in [-0.3, -0.25) is 10.2 Å². The predicted molar refractivity (Wildman–Crippen MR) is 45.4 cm³/mol. The van der Waals surface area contributed by atoms with Gasteiger partial charge < -0.3 is 0 Å². The summed E-state index contributed by atoms with van der Waals surface area (Å²) in [5, 5.41) is 7.70. The average Bonchev–Trinajstić information content (AvgIpc) is 2.33. The Morgan fingerprint density at radius 1 is 1.45 bits per heavy atom. The number of carbonyl (C=O) groups excluding carboxylic acids is 1. The second kappa shape index (κ2) is 2.43. The summed E-state index contributed by atoms with van der Waals surface area (Å²) in [7, 11) is 0. The van der Waals surface area contributed by atoms with E-state index in [1.54, 1.807) is 4.68 Å². The molecule has 0 saturated heterocycles. The molecule has 0 atom stereocenters. The van der Waals surface area contributed by atoms with E-state index in [-0.39, 0.29) is 5.91 Å². The first-order valence-electron chi connectivity index (χ1n) is 3.17. The van der Waals surface area contributed by atoms with Crippen LogP contribution < -0.4 is 5.43 Å². The molecule has 11 heavy (non-hydrogen) atoms. The zero-order chi connectivity index (χ0) is 7.84. The van der Waals surface area contributed by atoms with Gasteiger partial charge in [0, 0.05) is 35.4 Å². The maximum absolute atomic E-state index is 10.9. The Morgan fingerprint density at radius 2 is 2.27 bits per heavy atom. The third kappa shape index (κ3) is 1.10. The van der Waals surface area contributed by atoms with Crippen molar-refractivity contribution in [2.24, 2.45) is 0 Å². The number of halogens is 1. The monoisotopic (exact) mass is 264 g/mol. The van der Waals surface area contributed by atoms with Crippen molar-refractivity contribution in [3.8, 4) is 0 Å². The molecular weight excluding hydrogens is 259 g/mol. The molecule has 0 saturated carbocycles. The average molecular weight is 264 g/mol.